The van der Waals surface area contributed by atoms with E-state index in [9.17, 15) is 4.79 Å². The highest BCUT2D eigenvalue weighted by atomic mass is 35.5. The molecule has 4 heteroatoms. The van der Waals surface area contributed by atoms with Crippen molar-refractivity contribution < 1.29 is 4.79 Å². The van der Waals surface area contributed by atoms with Crippen LogP contribution in [0.5, 0.6) is 0 Å². The molecule has 1 aromatic carbocycles. The molecule has 0 amide bonds. The summed E-state index contributed by atoms with van der Waals surface area (Å²) in [5.41, 5.74) is 1.64. The van der Waals surface area contributed by atoms with Crippen LogP contribution in [0.4, 0.5) is 0 Å². The minimum Gasteiger partial charge on any atom is -0.302 e. The second-order valence-electron chi connectivity index (χ2n) is 3.60. The molecule has 0 saturated heterocycles. The van der Waals surface area contributed by atoms with Crippen LogP contribution in [0.25, 0.3) is 0 Å². The van der Waals surface area contributed by atoms with Crippen molar-refractivity contribution in [2.45, 2.75) is 5.92 Å². The Bertz CT molecular complexity index is 525. The standard InChI is InChI=1S/C13H9Cl2NO/c14-11-3-1-9(2-4-11)13(8-17)10-5-12(15)7-16-6-10/h1-8,13H. The maximum atomic E-state index is 11.2. The van der Waals surface area contributed by atoms with Crippen molar-refractivity contribution in [1.29, 1.82) is 0 Å². The Labute approximate surface area is 109 Å². The van der Waals surface area contributed by atoms with Gasteiger partial charge in [0.15, 0.2) is 0 Å². The first kappa shape index (κ1) is 12.1. The Balaban J connectivity index is 2.40. The van der Waals surface area contributed by atoms with Crippen molar-refractivity contribution in [2.75, 3.05) is 0 Å². The maximum absolute atomic E-state index is 11.2. The molecule has 1 atom stereocenters. The Morgan fingerprint density at radius 2 is 1.71 bits per heavy atom. The van der Waals surface area contributed by atoms with Crippen LogP contribution < -0.4 is 0 Å². The number of aromatic nitrogens is 1. The molecule has 0 aliphatic carbocycles. The third-order valence-electron chi connectivity index (χ3n) is 2.45. The predicted molar refractivity (Wildman–Crippen MR) is 68.6 cm³/mol. The van der Waals surface area contributed by atoms with Gasteiger partial charge < -0.3 is 4.79 Å². The summed E-state index contributed by atoms with van der Waals surface area (Å²) in [6.07, 6.45) is 4.05. The zero-order valence-corrected chi connectivity index (χ0v) is 10.3. The smallest absolute Gasteiger partial charge is 0.131 e. The van der Waals surface area contributed by atoms with Gasteiger partial charge in [-0.05, 0) is 29.3 Å². The van der Waals surface area contributed by atoms with E-state index in [0.29, 0.717) is 10.0 Å². The van der Waals surface area contributed by atoms with E-state index < -0.39 is 0 Å². The first-order chi connectivity index (χ1) is 8.20. The molecule has 1 unspecified atom stereocenters. The lowest BCUT2D eigenvalue weighted by molar-refractivity contribution is -0.108. The molecule has 0 N–H and O–H groups in total. The van der Waals surface area contributed by atoms with Crippen LogP contribution in [0.1, 0.15) is 17.0 Å². The van der Waals surface area contributed by atoms with E-state index >= 15 is 0 Å². The van der Waals surface area contributed by atoms with Gasteiger partial charge in [-0.25, -0.2) is 0 Å². The number of carbonyl (C=O) groups is 1. The second-order valence-corrected chi connectivity index (χ2v) is 4.47. The van der Waals surface area contributed by atoms with Crippen LogP contribution in [-0.4, -0.2) is 11.3 Å². The van der Waals surface area contributed by atoms with Crippen molar-refractivity contribution in [3.63, 3.8) is 0 Å². The highest BCUT2D eigenvalue weighted by molar-refractivity contribution is 6.30. The number of pyridine rings is 1. The Morgan fingerprint density at radius 3 is 2.29 bits per heavy atom. The number of rotatable bonds is 3. The van der Waals surface area contributed by atoms with Crippen LogP contribution in [0.2, 0.25) is 10.0 Å². The summed E-state index contributed by atoms with van der Waals surface area (Å²) in [6, 6.07) is 8.89. The molecule has 2 nitrogen and oxygen atoms in total. The summed E-state index contributed by atoms with van der Waals surface area (Å²) in [4.78, 5) is 15.2. The molecule has 1 aromatic heterocycles. The van der Waals surface area contributed by atoms with E-state index in [1.807, 2.05) is 12.1 Å². The van der Waals surface area contributed by atoms with Crippen molar-refractivity contribution in [2.24, 2.45) is 0 Å². The molecule has 86 valence electrons. The van der Waals surface area contributed by atoms with Gasteiger partial charge in [-0.15, -0.1) is 0 Å². The van der Waals surface area contributed by atoms with E-state index in [4.69, 9.17) is 23.2 Å². The first-order valence-corrected chi connectivity index (χ1v) is 5.77. The lowest BCUT2D eigenvalue weighted by Crippen LogP contribution is -2.02. The van der Waals surface area contributed by atoms with Crippen LogP contribution in [-0.2, 0) is 4.79 Å². The van der Waals surface area contributed by atoms with Crippen LogP contribution in [0, 0.1) is 0 Å². The minimum atomic E-state index is -0.363. The van der Waals surface area contributed by atoms with Crippen molar-refractivity contribution in [1.82, 2.24) is 4.98 Å². The summed E-state index contributed by atoms with van der Waals surface area (Å²) in [7, 11) is 0. The van der Waals surface area contributed by atoms with Crippen LogP contribution in [0.15, 0.2) is 42.7 Å². The van der Waals surface area contributed by atoms with E-state index in [0.717, 1.165) is 17.4 Å². The van der Waals surface area contributed by atoms with Crippen molar-refractivity contribution in [3.8, 4) is 0 Å². The van der Waals surface area contributed by atoms with E-state index in [1.165, 1.54) is 6.20 Å². The minimum absolute atomic E-state index is 0.363. The summed E-state index contributed by atoms with van der Waals surface area (Å²) >= 11 is 11.7. The molecular formula is C13H9Cl2NO. The van der Waals surface area contributed by atoms with Gasteiger partial charge in [-0.3, -0.25) is 4.98 Å². The van der Waals surface area contributed by atoms with Crippen LogP contribution in [0.3, 0.4) is 0 Å². The molecule has 1 heterocycles. The molecule has 0 fully saturated rings. The average Bonchev–Trinajstić information content (AvgIpc) is 2.33. The zero-order valence-electron chi connectivity index (χ0n) is 8.81. The van der Waals surface area contributed by atoms with E-state index in [2.05, 4.69) is 4.98 Å². The van der Waals surface area contributed by atoms with Gasteiger partial charge in [0.05, 0.1) is 10.9 Å². The fourth-order valence-corrected chi connectivity index (χ4v) is 1.93. The topological polar surface area (TPSA) is 30.0 Å². The largest absolute Gasteiger partial charge is 0.302 e. The maximum Gasteiger partial charge on any atom is 0.131 e. The number of aldehydes is 1. The fourth-order valence-electron chi connectivity index (χ4n) is 1.62. The van der Waals surface area contributed by atoms with Gasteiger partial charge in [0, 0.05) is 17.4 Å². The molecule has 0 bridgehead atoms. The van der Waals surface area contributed by atoms with Gasteiger partial charge in [-0.2, -0.15) is 0 Å². The molecule has 2 rings (SSSR count). The third-order valence-corrected chi connectivity index (χ3v) is 2.91. The van der Waals surface area contributed by atoms with E-state index in [1.54, 1.807) is 24.4 Å². The number of hydrogen-bond donors (Lipinski definition) is 0. The predicted octanol–water partition coefficient (Wildman–Crippen LogP) is 3.72. The molecule has 0 saturated carbocycles. The molecule has 17 heavy (non-hydrogen) atoms. The quantitative estimate of drug-likeness (QED) is 0.792. The molecule has 0 aliphatic rings. The van der Waals surface area contributed by atoms with Crippen LogP contribution >= 0.6 is 23.2 Å². The van der Waals surface area contributed by atoms with Gasteiger partial charge in [0.2, 0.25) is 0 Å². The first-order valence-electron chi connectivity index (χ1n) is 5.02. The summed E-state index contributed by atoms with van der Waals surface area (Å²) in [5, 5.41) is 1.16. The number of hydrogen-bond acceptors (Lipinski definition) is 2. The molecule has 0 spiro atoms. The highest BCUT2D eigenvalue weighted by Gasteiger charge is 2.13. The highest BCUT2D eigenvalue weighted by Crippen LogP contribution is 2.25. The number of halogens is 2. The molecule has 0 aliphatic heterocycles. The van der Waals surface area contributed by atoms with Gasteiger partial charge in [-0.1, -0.05) is 35.3 Å². The molecule has 0 radical (unpaired) electrons. The lowest BCUT2D eigenvalue weighted by atomic mass is 9.94. The van der Waals surface area contributed by atoms with Gasteiger partial charge in [0.1, 0.15) is 6.29 Å². The number of benzene rings is 1. The van der Waals surface area contributed by atoms with Gasteiger partial charge in [0.25, 0.3) is 0 Å². The Hall–Kier alpha value is -1.38. The average molecular weight is 266 g/mol. The Morgan fingerprint density at radius 1 is 1.00 bits per heavy atom. The lowest BCUT2D eigenvalue weighted by Gasteiger charge is -2.10. The monoisotopic (exact) mass is 265 g/mol. The second kappa shape index (κ2) is 5.30. The number of nitrogens with zero attached hydrogens (tertiary/aromatic N) is 1. The SMILES string of the molecule is O=CC(c1ccc(Cl)cc1)c1cncc(Cl)c1. The molecule has 2 aromatic rings. The Kier molecular flexibility index (Phi) is 3.77. The molecular weight excluding hydrogens is 257 g/mol. The fraction of sp³-hybridized carbons (Fsp3) is 0.0769. The van der Waals surface area contributed by atoms with E-state index in [-0.39, 0.29) is 5.92 Å². The summed E-state index contributed by atoms with van der Waals surface area (Å²) in [6.45, 7) is 0. The van der Waals surface area contributed by atoms with Crippen molar-refractivity contribution in [3.05, 3.63) is 63.9 Å². The van der Waals surface area contributed by atoms with Crippen molar-refractivity contribution >= 4 is 29.5 Å². The zero-order chi connectivity index (χ0) is 12.3. The number of carbonyl (C=O) groups excluding carboxylic acids is 1. The summed E-state index contributed by atoms with van der Waals surface area (Å²) < 4.78 is 0. The normalized spacial score (nSPS) is 12.1. The third kappa shape index (κ3) is 2.84. The van der Waals surface area contributed by atoms with Gasteiger partial charge >= 0.3 is 0 Å². The summed E-state index contributed by atoms with van der Waals surface area (Å²) in [5.74, 6) is -0.363.